The van der Waals surface area contributed by atoms with Crippen LogP contribution in [0.3, 0.4) is 0 Å². The maximum atomic E-state index is 13.3. The smallest absolute Gasteiger partial charge is 0.258 e. The van der Waals surface area contributed by atoms with Crippen molar-refractivity contribution in [2.45, 2.75) is 44.9 Å². The molecule has 0 saturated carbocycles. The highest BCUT2D eigenvalue weighted by Gasteiger charge is 2.29. The number of piperidine rings is 1. The van der Waals surface area contributed by atoms with Crippen molar-refractivity contribution in [2.75, 3.05) is 28.4 Å². The molecule has 0 aromatic heterocycles. The molecule has 0 spiro atoms. The first-order valence-corrected chi connectivity index (χ1v) is 14.7. The van der Waals surface area contributed by atoms with Gasteiger partial charge < -0.3 is 10.6 Å². The summed E-state index contributed by atoms with van der Waals surface area (Å²) >= 11 is 0. The van der Waals surface area contributed by atoms with Gasteiger partial charge in [-0.15, -0.1) is 0 Å². The zero-order valence-electron chi connectivity index (χ0n) is 21.8. The number of hydrogen-bond acceptors (Lipinski definition) is 5. The van der Waals surface area contributed by atoms with Gasteiger partial charge in [0.15, 0.2) is 0 Å². The van der Waals surface area contributed by atoms with Gasteiger partial charge in [0, 0.05) is 29.2 Å². The SMILES string of the molecule is CC(C)S(=O)(=O)Nc1ccc2c(c1)/C(=C(/Nc1ccc(CN3CCCCC3)cc1)c1ccccc1)C(=O)N2. The van der Waals surface area contributed by atoms with Gasteiger partial charge in [-0.05, 0) is 81.2 Å². The number of rotatable bonds is 8. The van der Waals surface area contributed by atoms with E-state index in [1.807, 2.05) is 42.5 Å². The van der Waals surface area contributed by atoms with Crippen LogP contribution >= 0.6 is 0 Å². The molecule has 38 heavy (non-hydrogen) atoms. The molecule has 0 atom stereocenters. The summed E-state index contributed by atoms with van der Waals surface area (Å²) in [4.78, 5) is 15.8. The number of anilines is 3. The van der Waals surface area contributed by atoms with E-state index in [0.717, 1.165) is 30.9 Å². The molecule has 8 heteroatoms. The van der Waals surface area contributed by atoms with Gasteiger partial charge in [-0.2, -0.15) is 0 Å². The summed E-state index contributed by atoms with van der Waals surface area (Å²) in [6.07, 6.45) is 3.84. The lowest BCUT2D eigenvalue weighted by molar-refractivity contribution is -0.110. The summed E-state index contributed by atoms with van der Waals surface area (Å²) in [5.41, 5.74) is 5.83. The second kappa shape index (κ2) is 11.0. The third kappa shape index (κ3) is 5.76. The molecule has 0 aliphatic carbocycles. The van der Waals surface area contributed by atoms with Crippen molar-refractivity contribution in [2.24, 2.45) is 0 Å². The number of amides is 1. The zero-order valence-corrected chi connectivity index (χ0v) is 22.6. The number of likely N-dealkylation sites (tertiary alicyclic amines) is 1. The van der Waals surface area contributed by atoms with Crippen LogP contribution in [0.4, 0.5) is 17.1 Å². The predicted molar refractivity (Wildman–Crippen MR) is 155 cm³/mol. The van der Waals surface area contributed by atoms with Crippen LogP contribution in [0.25, 0.3) is 11.3 Å². The van der Waals surface area contributed by atoms with Crippen molar-refractivity contribution in [3.05, 3.63) is 89.5 Å². The number of nitrogens with one attached hydrogen (secondary N) is 3. The fourth-order valence-corrected chi connectivity index (χ4v) is 5.55. The van der Waals surface area contributed by atoms with E-state index in [4.69, 9.17) is 0 Å². The van der Waals surface area contributed by atoms with Crippen LogP contribution in [-0.4, -0.2) is 37.6 Å². The van der Waals surface area contributed by atoms with E-state index in [-0.39, 0.29) is 5.91 Å². The molecule has 0 radical (unpaired) electrons. The maximum absolute atomic E-state index is 13.3. The molecular formula is C30H34N4O3S. The van der Waals surface area contributed by atoms with Gasteiger partial charge in [0.25, 0.3) is 5.91 Å². The average molecular weight is 531 g/mol. The van der Waals surface area contributed by atoms with Crippen molar-refractivity contribution in [1.82, 2.24) is 4.90 Å². The molecule has 0 unspecified atom stereocenters. The lowest BCUT2D eigenvalue weighted by atomic mass is 9.99. The van der Waals surface area contributed by atoms with Crippen molar-refractivity contribution in [3.63, 3.8) is 0 Å². The monoisotopic (exact) mass is 530 g/mol. The van der Waals surface area contributed by atoms with Crippen LogP contribution < -0.4 is 15.4 Å². The summed E-state index contributed by atoms with van der Waals surface area (Å²) in [5.74, 6) is -0.239. The van der Waals surface area contributed by atoms with Crippen LogP contribution in [-0.2, 0) is 21.4 Å². The third-order valence-corrected chi connectivity index (χ3v) is 8.80. The first-order chi connectivity index (χ1) is 18.3. The van der Waals surface area contributed by atoms with Crippen molar-refractivity contribution in [1.29, 1.82) is 0 Å². The molecule has 1 fully saturated rings. The fraction of sp³-hybridized carbons (Fsp3) is 0.300. The molecule has 2 aliphatic rings. The Kier molecular flexibility index (Phi) is 7.53. The summed E-state index contributed by atoms with van der Waals surface area (Å²) in [5, 5.41) is 5.84. The molecule has 1 amide bonds. The van der Waals surface area contributed by atoms with E-state index in [1.165, 1.54) is 24.8 Å². The molecule has 3 aromatic rings. The molecular weight excluding hydrogens is 496 g/mol. The summed E-state index contributed by atoms with van der Waals surface area (Å²) < 4.78 is 27.6. The standard InChI is InChI=1S/C30H34N4O3S/c1-21(2)38(36,37)33-25-15-16-27-26(19-25)28(30(35)32-27)29(23-9-5-3-6-10-23)31-24-13-11-22(12-14-24)20-34-17-7-4-8-18-34/h3,5-6,9-16,19,21,31,33H,4,7-8,17-18,20H2,1-2H3,(H,32,35)/b29-28-. The first kappa shape index (κ1) is 26.0. The van der Waals surface area contributed by atoms with Gasteiger partial charge in [0.1, 0.15) is 0 Å². The van der Waals surface area contributed by atoms with Gasteiger partial charge in [0.05, 0.1) is 16.5 Å². The van der Waals surface area contributed by atoms with Crippen LogP contribution in [0.5, 0.6) is 0 Å². The predicted octanol–water partition coefficient (Wildman–Crippen LogP) is 5.76. The van der Waals surface area contributed by atoms with Crippen LogP contribution in [0, 0.1) is 0 Å². The molecule has 198 valence electrons. The van der Waals surface area contributed by atoms with Crippen molar-refractivity contribution >= 4 is 44.3 Å². The minimum Gasteiger partial charge on any atom is -0.354 e. The topological polar surface area (TPSA) is 90.5 Å². The van der Waals surface area contributed by atoms with E-state index in [2.05, 4.69) is 32.4 Å². The Morgan fingerprint density at radius 2 is 1.61 bits per heavy atom. The van der Waals surface area contributed by atoms with E-state index in [1.54, 1.807) is 32.0 Å². The van der Waals surface area contributed by atoms with E-state index in [9.17, 15) is 13.2 Å². The van der Waals surface area contributed by atoms with Crippen LogP contribution in [0.2, 0.25) is 0 Å². The lowest BCUT2D eigenvalue weighted by Gasteiger charge is -2.26. The molecule has 5 rings (SSSR count). The van der Waals surface area contributed by atoms with Gasteiger partial charge in [-0.25, -0.2) is 8.42 Å². The molecule has 2 heterocycles. The third-order valence-electron chi connectivity index (χ3n) is 7.04. The lowest BCUT2D eigenvalue weighted by Crippen LogP contribution is -2.29. The molecule has 3 aromatic carbocycles. The highest BCUT2D eigenvalue weighted by Crippen LogP contribution is 2.39. The quantitative estimate of drug-likeness (QED) is 0.323. The summed E-state index contributed by atoms with van der Waals surface area (Å²) in [6, 6.07) is 23.2. The zero-order chi connectivity index (χ0) is 26.7. The Morgan fingerprint density at radius 1 is 0.921 bits per heavy atom. The summed E-state index contributed by atoms with van der Waals surface area (Å²) in [6.45, 7) is 6.49. The highest BCUT2D eigenvalue weighted by atomic mass is 32.2. The number of fused-ring (bicyclic) bond motifs is 1. The number of carbonyl (C=O) groups excluding carboxylic acids is 1. The normalized spacial score (nSPS) is 17.2. The second-order valence-electron chi connectivity index (χ2n) is 10.2. The molecule has 1 saturated heterocycles. The number of sulfonamides is 1. The minimum absolute atomic E-state index is 0.239. The van der Waals surface area contributed by atoms with E-state index < -0.39 is 15.3 Å². The number of nitrogens with zero attached hydrogens (tertiary/aromatic N) is 1. The van der Waals surface area contributed by atoms with Gasteiger partial charge in [0.2, 0.25) is 10.0 Å². The fourth-order valence-electron chi connectivity index (χ4n) is 4.86. The first-order valence-electron chi connectivity index (χ1n) is 13.2. The van der Waals surface area contributed by atoms with Gasteiger partial charge in [-0.1, -0.05) is 48.9 Å². The maximum Gasteiger partial charge on any atom is 0.258 e. The Hall–Kier alpha value is -3.62. The number of hydrogen-bond donors (Lipinski definition) is 3. The molecule has 7 nitrogen and oxygen atoms in total. The average Bonchev–Trinajstić information content (AvgIpc) is 3.24. The Morgan fingerprint density at radius 3 is 2.29 bits per heavy atom. The largest absolute Gasteiger partial charge is 0.354 e. The number of carbonyl (C=O) groups is 1. The van der Waals surface area contributed by atoms with E-state index >= 15 is 0 Å². The highest BCUT2D eigenvalue weighted by molar-refractivity contribution is 7.93. The van der Waals surface area contributed by atoms with Gasteiger partial charge in [-0.3, -0.25) is 14.4 Å². The van der Waals surface area contributed by atoms with E-state index in [0.29, 0.717) is 28.2 Å². The Balaban J connectivity index is 1.49. The van der Waals surface area contributed by atoms with Crippen LogP contribution in [0.15, 0.2) is 72.8 Å². The number of benzene rings is 3. The van der Waals surface area contributed by atoms with Gasteiger partial charge >= 0.3 is 0 Å². The minimum atomic E-state index is -3.53. The Labute approximate surface area is 225 Å². The molecule has 0 bridgehead atoms. The van der Waals surface area contributed by atoms with Crippen molar-refractivity contribution < 1.29 is 13.2 Å². The Bertz CT molecular complexity index is 1440. The molecule has 2 aliphatic heterocycles. The van der Waals surface area contributed by atoms with Crippen molar-refractivity contribution in [3.8, 4) is 0 Å². The van der Waals surface area contributed by atoms with Crippen LogP contribution in [0.1, 0.15) is 49.8 Å². The molecule has 3 N–H and O–H groups in total. The summed E-state index contributed by atoms with van der Waals surface area (Å²) in [7, 11) is -3.53. The second-order valence-corrected chi connectivity index (χ2v) is 12.4.